The summed E-state index contributed by atoms with van der Waals surface area (Å²) in [5.74, 6) is 0. The number of hydrogen-bond donors (Lipinski definition) is 2. The molecule has 0 aliphatic carbocycles. The van der Waals surface area contributed by atoms with Crippen molar-refractivity contribution in [2.24, 2.45) is 0 Å². The molecular formula is C16H21N3O. The number of aromatic nitrogens is 1. The standard InChI is InChI=1S/C16H21N3O/c1-10-8-11(16(2,3)4)9-12-13(19-15(20)17-5)6-7-18-14(10)12/h6-9H,1-5H3,(H2,17,18,19,20). The van der Waals surface area contributed by atoms with Gasteiger partial charge in [-0.25, -0.2) is 4.79 Å². The van der Waals surface area contributed by atoms with Crippen LogP contribution in [0.2, 0.25) is 0 Å². The Bertz CT molecular complexity index is 657. The van der Waals surface area contributed by atoms with Crippen LogP contribution in [0.25, 0.3) is 10.9 Å². The number of hydrogen-bond acceptors (Lipinski definition) is 2. The zero-order chi connectivity index (χ0) is 14.9. The zero-order valence-corrected chi connectivity index (χ0v) is 12.7. The molecule has 0 unspecified atom stereocenters. The Morgan fingerprint density at radius 1 is 1.25 bits per heavy atom. The number of fused-ring (bicyclic) bond motifs is 1. The quantitative estimate of drug-likeness (QED) is 0.832. The molecule has 2 aromatic rings. The van der Waals surface area contributed by atoms with E-state index in [9.17, 15) is 4.79 Å². The van der Waals surface area contributed by atoms with Gasteiger partial charge < -0.3 is 10.6 Å². The minimum absolute atomic E-state index is 0.0546. The fraction of sp³-hybridized carbons (Fsp3) is 0.375. The van der Waals surface area contributed by atoms with Gasteiger partial charge in [0.2, 0.25) is 0 Å². The molecule has 0 saturated carbocycles. The third kappa shape index (κ3) is 2.74. The summed E-state index contributed by atoms with van der Waals surface area (Å²) in [5.41, 5.74) is 4.11. The van der Waals surface area contributed by atoms with Gasteiger partial charge in [-0.2, -0.15) is 0 Å². The molecule has 4 heteroatoms. The van der Waals surface area contributed by atoms with Gasteiger partial charge in [0, 0.05) is 18.6 Å². The fourth-order valence-corrected chi connectivity index (χ4v) is 2.16. The highest BCUT2D eigenvalue weighted by molar-refractivity contribution is 6.01. The molecule has 0 bridgehead atoms. The predicted octanol–water partition coefficient (Wildman–Crippen LogP) is 3.59. The molecular weight excluding hydrogens is 250 g/mol. The minimum atomic E-state index is -0.226. The molecule has 1 aromatic carbocycles. The van der Waals surface area contributed by atoms with E-state index >= 15 is 0 Å². The molecule has 0 fully saturated rings. The van der Waals surface area contributed by atoms with Crippen molar-refractivity contribution in [3.05, 3.63) is 35.5 Å². The molecule has 2 amide bonds. The molecule has 2 N–H and O–H groups in total. The summed E-state index contributed by atoms with van der Waals surface area (Å²) in [7, 11) is 1.60. The Labute approximate surface area is 119 Å². The zero-order valence-electron chi connectivity index (χ0n) is 12.7. The van der Waals surface area contributed by atoms with Gasteiger partial charge in [0.25, 0.3) is 0 Å². The maximum Gasteiger partial charge on any atom is 0.318 e. The SMILES string of the molecule is CNC(=O)Nc1ccnc2c(C)cc(C(C)(C)C)cc12. The summed E-state index contributed by atoms with van der Waals surface area (Å²) < 4.78 is 0. The summed E-state index contributed by atoms with van der Waals surface area (Å²) in [6.07, 6.45) is 1.72. The summed E-state index contributed by atoms with van der Waals surface area (Å²) in [5, 5.41) is 6.39. The molecule has 1 aromatic heterocycles. The first-order valence-electron chi connectivity index (χ1n) is 6.71. The summed E-state index contributed by atoms with van der Waals surface area (Å²) in [6.45, 7) is 8.58. The number of benzene rings is 1. The minimum Gasteiger partial charge on any atom is -0.341 e. The van der Waals surface area contributed by atoms with Crippen molar-refractivity contribution in [1.29, 1.82) is 0 Å². The molecule has 20 heavy (non-hydrogen) atoms. The van der Waals surface area contributed by atoms with Gasteiger partial charge in [0.1, 0.15) is 0 Å². The van der Waals surface area contributed by atoms with Crippen molar-refractivity contribution in [3.8, 4) is 0 Å². The van der Waals surface area contributed by atoms with Crippen molar-refractivity contribution in [1.82, 2.24) is 10.3 Å². The van der Waals surface area contributed by atoms with Gasteiger partial charge in [-0.1, -0.05) is 26.8 Å². The number of carbonyl (C=O) groups excluding carboxylic acids is 1. The van der Waals surface area contributed by atoms with Crippen LogP contribution in [0.15, 0.2) is 24.4 Å². The number of rotatable bonds is 1. The number of aryl methyl sites for hydroxylation is 1. The van der Waals surface area contributed by atoms with Crippen LogP contribution in [0.5, 0.6) is 0 Å². The Balaban J connectivity index is 2.65. The lowest BCUT2D eigenvalue weighted by atomic mass is 9.85. The molecule has 0 radical (unpaired) electrons. The summed E-state index contributed by atoms with van der Waals surface area (Å²) in [6, 6.07) is 5.87. The van der Waals surface area contributed by atoms with Crippen LogP contribution in [-0.4, -0.2) is 18.1 Å². The van der Waals surface area contributed by atoms with E-state index < -0.39 is 0 Å². The highest BCUT2D eigenvalue weighted by atomic mass is 16.2. The van der Waals surface area contributed by atoms with Crippen LogP contribution >= 0.6 is 0 Å². The lowest BCUT2D eigenvalue weighted by Crippen LogP contribution is -2.24. The number of pyridine rings is 1. The van der Waals surface area contributed by atoms with Crippen molar-refractivity contribution in [2.75, 3.05) is 12.4 Å². The highest BCUT2D eigenvalue weighted by Gasteiger charge is 2.17. The Hall–Kier alpha value is -2.10. The number of nitrogens with zero attached hydrogens (tertiary/aromatic N) is 1. The topological polar surface area (TPSA) is 54.0 Å². The maximum absolute atomic E-state index is 11.5. The van der Waals surface area contributed by atoms with E-state index in [0.29, 0.717) is 0 Å². The number of carbonyl (C=O) groups is 1. The van der Waals surface area contributed by atoms with Gasteiger partial charge in [0.15, 0.2) is 0 Å². The van der Waals surface area contributed by atoms with Gasteiger partial charge >= 0.3 is 6.03 Å². The molecule has 0 saturated heterocycles. The van der Waals surface area contributed by atoms with Gasteiger partial charge in [-0.05, 0) is 35.6 Å². The van der Waals surface area contributed by atoms with Crippen LogP contribution in [0.1, 0.15) is 31.9 Å². The van der Waals surface area contributed by atoms with Crippen LogP contribution in [0, 0.1) is 6.92 Å². The van der Waals surface area contributed by atoms with Crippen molar-refractivity contribution in [2.45, 2.75) is 33.1 Å². The fourth-order valence-electron chi connectivity index (χ4n) is 2.16. The number of amides is 2. The van der Waals surface area contributed by atoms with E-state index in [2.05, 4.69) is 48.5 Å². The van der Waals surface area contributed by atoms with Gasteiger partial charge in [0.05, 0.1) is 11.2 Å². The Morgan fingerprint density at radius 2 is 1.95 bits per heavy atom. The third-order valence-electron chi connectivity index (χ3n) is 3.38. The van der Waals surface area contributed by atoms with E-state index in [4.69, 9.17) is 0 Å². The Kier molecular flexibility index (Phi) is 3.66. The second kappa shape index (κ2) is 5.12. The van der Waals surface area contributed by atoms with E-state index in [1.165, 1.54) is 5.56 Å². The molecule has 1 heterocycles. The first-order chi connectivity index (χ1) is 9.32. The largest absolute Gasteiger partial charge is 0.341 e. The average molecular weight is 271 g/mol. The lowest BCUT2D eigenvalue weighted by Gasteiger charge is -2.21. The van der Waals surface area contributed by atoms with Gasteiger partial charge in [-0.3, -0.25) is 4.98 Å². The first kappa shape index (κ1) is 14.3. The molecule has 0 aliphatic rings. The maximum atomic E-state index is 11.5. The number of nitrogens with one attached hydrogen (secondary N) is 2. The second-order valence-electron chi connectivity index (χ2n) is 6.00. The molecule has 2 rings (SSSR count). The normalized spacial score (nSPS) is 11.4. The lowest BCUT2D eigenvalue weighted by molar-refractivity contribution is 0.254. The van der Waals surface area contributed by atoms with Gasteiger partial charge in [-0.15, -0.1) is 0 Å². The molecule has 106 valence electrons. The smallest absolute Gasteiger partial charge is 0.318 e. The van der Waals surface area contributed by atoms with Crippen LogP contribution in [0.3, 0.4) is 0 Å². The van der Waals surface area contributed by atoms with Crippen LogP contribution in [0.4, 0.5) is 10.5 Å². The average Bonchev–Trinajstić information content (AvgIpc) is 2.38. The van der Waals surface area contributed by atoms with E-state index in [1.54, 1.807) is 13.2 Å². The van der Waals surface area contributed by atoms with Crippen LogP contribution in [-0.2, 0) is 5.41 Å². The van der Waals surface area contributed by atoms with Crippen molar-refractivity contribution in [3.63, 3.8) is 0 Å². The highest BCUT2D eigenvalue weighted by Crippen LogP contribution is 2.31. The van der Waals surface area contributed by atoms with Crippen molar-refractivity contribution < 1.29 is 4.79 Å². The van der Waals surface area contributed by atoms with E-state index in [0.717, 1.165) is 22.2 Å². The molecule has 0 spiro atoms. The number of anilines is 1. The molecule has 4 nitrogen and oxygen atoms in total. The first-order valence-corrected chi connectivity index (χ1v) is 6.71. The van der Waals surface area contributed by atoms with E-state index in [1.807, 2.05) is 13.0 Å². The monoisotopic (exact) mass is 271 g/mol. The Morgan fingerprint density at radius 3 is 2.55 bits per heavy atom. The molecule has 0 aliphatic heterocycles. The summed E-state index contributed by atoms with van der Waals surface area (Å²) >= 11 is 0. The molecule has 0 atom stereocenters. The van der Waals surface area contributed by atoms with E-state index in [-0.39, 0.29) is 11.4 Å². The number of urea groups is 1. The van der Waals surface area contributed by atoms with Crippen molar-refractivity contribution >= 4 is 22.6 Å². The third-order valence-corrected chi connectivity index (χ3v) is 3.38. The predicted molar refractivity (Wildman–Crippen MR) is 83.3 cm³/mol. The summed E-state index contributed by atoms with van der Waals surface area (Å²) in [4.78, 5) is 16.0. The second-order valence-corrected chi connectivity index (χ2v) is 6.00. The van der Waals surface area contributed by atoms with Crippen LogP contribution < -0.4 is 10.6 Å².